The Hall–Kier alpha value is -2.06. The standard InChI is InChI=1S/C18H12Cl2O/c1-3-5-13-11-15(19)7-9-17(13)21-18-10-8-16(20)12-14(18)6-4-2/h7-12H,1-2H3. The summed E-state index contributed by atoms with van der Waals surface area (Å²) in [7, 11) is 0. The third-order valence-electron chi connectivity index (χ3n) is 2.62. The van der Waals surface area contributed by atoms with Crippen molar-refractivity contribution in [3.05, 3.63) is 57.6 Å². The first-order chi connectivity index (χ1) is 10.1. The average molecular weight is 315 g/mol. The fourth-order valence-electron chi connectivity index (χ4n) is 1.77. The van der Waals surface area contributed by atoms with Crippen LogP contribution in [0.15, 0.2) is 36.4 Å². The Bertz CT molecular complexity index is 719. The van der Waals surface area contributed by atoms with Gasteiger partial charge in [-0.3, -0.25) is 0 Å². The zero-order chi connectivity index (χ0) is 15.2. The smallest absolute Gasteiger partial charge is 0.143 e. The van der Waals surface area contributed by atoms with Crippen LogP contribution in [0.3, 0.4) is 0 Å². The zero-order valence-corrected chi connectivity index (χ0v) is 13.1. The molecule has 0 saturated heterocycles. The van der Waals surface area contributed by atoms with Crippen LogP contribution in [-0.2, 0) is 0 Å². The predicted octanol–water partition coefficient (Wildman–Crippen LogP) is 5.53. The summed E-state index contributed by atoms with van der Waals surface area (Å²) in [5.41, 5.74) is 1.46. The van der Waals surface area contributed by atoms with Crippen molar-refractivity contribution < 1.29 is 4.74 Å². The zero-order valence-electron chi connectivity index (χ0n) is 11.6. The van der Waals surface area contributed by atoms with Crippen LogP contribution in [0, 0.1) is 23.7 Å². The number of halogens is 2. The summed E-state index contributed by atoms with van der Waals surface area (Å²) in [5, 5.41) is 1.23. The number of benzene rings is 2. The maximum atomic E-state index is 5.99. The number of hydrogen-bond donors (Lipinski definition) is 0. The van der Waals surface area contributed by atoms with Gasteiger partial charge in [0.25, 0.3) is 0 Å². The molecule has 0 saturated carbocycles. The van der Waals surface area contributed by atoms with Crippen LogP contribution in [0.1, 0.15) is 25.0 Å². The van der Waals surface area contributed by atoms with Gasteiger partial charge in [0.2, 0.25) is 0 Å². The van der Waals surface area contributed by atoms with Crippen LogP contribution in [0.4, 0.5) is 0 Å². The molecular weight excluding hydrogens is 303 g/mol. The van der Waals surface area contributed by atoms with E-state index < -0.39 is 0 Å². The molecule has 2 aromatic carbocycles. The van der Waals surface area contributed by atoms with Crippen molar-refractivity contribution in [1.82, 2.24) is 0 Å². The third kappa shape index (κ3) is 3.96. The summed E-state index contributed by atoms with van der Waals surface area (Å²) < 4.78 is 5.93. The van der Waals surface area contributed by atoms with Crippen LogP contribution < -0.4 is 4.74 Å². The molecule has 0 N–H and O–H groups in total. The molecule has 0 aromatic heterocycles. The van der Waals surface area contributed by atoms with E-state index in [0.717, 1.165) is 11.1 Å². The second-order valence-electron chi connectivity index (χ2n) is 4.13. The SMILES string of the molecule is CC#Cc1cc(Cl)ccc1Oc1ccc(Cl)cc1C#CC. The molecule has 2 rings (SSSR count). The third-order valence-corrected chi connectivity index (χ3v) is 3.09. The number of ether oxygens (including phenoxy) is 1. The second-order valence-corrected chi connectivity index (χ2v) is 5.01. The normalized spacial score (nSPS) is 9.14. The molecule has 0 spiro atoms. The molecule has 104 valence electrons. The number of hydrogen-bond acceptors (Lipinski definition) is 1. The summed E-state index contributed by atoms with van der Waals surface area (Å²) >= 11 is 12.0. The Labute approximate surface area is 134 Å². The molecule has 0 fully saturated rings. The van der Waals surface area contributed by atoms with E-state index in [1.165, 1.54) is 0 Å². The van der Waals surface area contributed by atoms with Crippen molar-refractivity contribution in [3.63, 3.8) is 0 Å². The van der Waals surface area contributed by atoms with Gasteiger partial charge in [0.15, 0.2) is 0 Å². The lowest BCUT2D eigenvalue weighted by atomic mass is 10.2. The minimum absolute atomic E-state index is 0.616. The number of rotatable bonds is 2. The summed E-state index contributed by atoms with van der Waals surface area (Å²) in [4.78, 5) is 0. The highest BCUT2D eigenvalue weighted by molar-refractivity contribution is 6.31. The minimum atomic E-state index is 0.616. The van der Waals surface area contributed by atoms with Crippen molar-refractivity contribution in [2.24, 2.45) is 0 Å². The summed E-state index contributed by atoms with van der Waals surface area (Å²) in [6.07, 6.45) is 0. The first-order valence-electron chi connectivity index (χ1n) is 6.26. The fourth-order valence-corrected chi connectivity index (χ4v) is 2.11. The Balaban J connectivity index is 2.46. The molecule has 0 atom stereocenters. The lowest BCUT2D eigenvalue weighted by Crippen LogP contribution is -1.91. The van der Waals surface area contributed by atoms with Gasteiger partial charge in [0, 0.05) is 10.0 Å². The molecule has 3 heteroatoms. The van der Waals surface area contributed by atoms with E-state index in [-0.39, 0.29) is 0 Å². The first-order valence-corrected chi connectivity index (χ1v) is 7.02. The predicted molar refractivity (Wildman–Crippen MR) is 88.1 cm³/mol. The highest BCUT2D eigenvalue weighted by Crippen LogP contribution is 2.30. The van der Waals surface area contributed by atoms with E-state index in [0.29, 0.717) is 21.5 Å². The monoisotopic (exact) mass is 314 g/mol. The quantitative estimate of drug-likeness (QED) is 0.662. The van der Waals surface area contributed by atoms with E-state index in [2.05, 4.69) is 23.7 Å². The van der Waals surface area contributed by atoms with Crippen LogP contribution in [-0.4, -0.2) is 0 Å². The Morgan fingerprint density at radius 1 is 0.762 bits per heavy atom. The van der Waals surface area contributed by atoms with Crippen molar-refractivity contribution in [3.8, 4) is 35.2 Å². The van der Waals surface area contributed by atoms with Crippen LogP contribution >= 0.6 is 23.2 Å². The Morgan fingerprint density at radius 2 is 1.19 bits per heavy atom. The topological polar surface area (TPSA) is 9.23 Å². The van der Waals surface area contributed by atoms with Crippen molar-refractivity contribution >= 4 is 23.2 Å². The molecular formula is C18H12Cl2O. The molecule has 0 aliphatic rings. The largest absolute Gasteiger partial charge is 0.455 e. The lowest BCUT2D eigenvalue weighted by Gasteiger charge is -2.10. The van der Waals surface area contributed by atoms with Gasteiger partial charge in [0.05, 0.1) is 11.1 Å². The van der Waals surface area contributed by atoms with Gasteiger partial charge in [-0.15, -0.1) is 11.8 Å². The summed E-state index contributed by atoms with van der Waals surface area (Å²) in [6, 6.07) is 10.7. The summed E-state index contributed by atoms with van der Waals surface area (Å²) in [6.45, 7) is 3.53. The second kappa shape index (κ2) is 7.09. The van der Waals surface area contributed by atoms with Crippen molar-refractivity contribution in [2.75, 3.05) is 0 Å². The molecule has 0 unspecified atom stereocenters. The Kier molecular flexibility index (Phi) is 5.18. The highest BCUT2D eigenvalue weighted by atomic mass is 35.5. The molecule has 2 aromatic rings. The van der Waals surface area contributed by atoms with Gasteiger partial charge < -0.3 is 4.74 Å². The van der Waals surface area contributed by atoms with E-state index in [4.69, 9.17) is 27.9 Å². The van der Waals surface area contributed by atoms with Crippen LogP contribution in [0.2, 0.25) is 10.0 Å². The molecule has 0 heterocycles. The van der Waals surface area contributed by atoms with Gasteiger partial charge in [-0.05, 0) is 50.2 Å². The van der Waals surface area contributed by atoms with Gasteiger partial charge in [-0.1, -0.05) is 35.0 Å². The van der Waals surface area contributed by atoms with E-state index in [9.17, 15) is 0 Å². The fraction of sp³-hybridized carbons (Fsp3) is 0.111. The van der Waals surface area contributed by atoms with Gasteiger partial charge in [-0.2, -0.15) is 0 Å². The van der Waals surface area contributed by atoms with Crippen LogP contribution in [0.25, 0.3) is 0 Å². The molecule has 1 nitrogen and oxygen atoms in total. The maximum Gasteiger partial charge on any atom is 0.143 e. The average Bonchev–Trinajstić information content (AvgIpc) is 2.45. The highest BCUT2D eigenvalue weighted by Gasteiger charge is 2.08. The van der Waals surface area contributed by atoms with Crippen LogP contribution in [0.5, 0.6) is 11.5 Å². The van der Waals surface area contributed by atoms with E-state index >= 15 is 0 Å². The maximum absolute atomic E-state index is 5.99. The van der Waals surface area contributed by atoms with Gasteiger partial charge >= 0.3 is 0 Å². The molecule has 0 aliphatic heterocycles. The molecule has 0 radical (unpaired) electrons. The van der Waals surface area contributed by atoms with Gasteiger partial charge in [-0.25, -0.2) is 0 Å². The van der Waals surface area contributed by atoms with Crippen molar-refractivity contribution in [1.29, 1.82) is 0 Å². The van der Waals surface area contributed by atoms with E-state index in [1.54, 1.807) is 50.2 Å². The summed E-state index contributed by atoms with van der Waals surface area (Å²) in [5.74, 6) is 12.9. The molecule has 0 amide bonds. The first kappa shape index (κ1) is 15.3. The van der Waals surface area contributed by atoms with Crippen molar-refractivity contribution in [2.45, 2.75) is 13.8 Å². The molecule has 0 bridgehead atoms. The minimum Gasteiger partial charge on any atom is -0.455 e. The van der Waals surface area contributed by atoms with Gasteiger partial charge in [0.1, 0.15) is 11.5 Å². The lowest BCUT2D eigenvalue weighted by molar-refractivity contribution is 0.480. The Morgan fingerprint density at radius 3 is 1.57 bits per heavy atom. The van der Waals surface area contributed by atoms with E-state index in [1.807, 2.05) is 0 Å². The molecule has 0 aliphatic carbocycles. The molecule has 21 heavy (non-hydrogen) atoms.